The fourth-order valence-electron chi connectivity index (χ4n) is 3.70. The normalized spacial score (nSPS) is 15.1. The summed E-state index contributed by atoms with van der Waals surface area (Å²) in [5.74, 6) is 1.07. The molecule has 0 radical (unpaired) electrons. The van der Waals surface area contributed by atoms with Crippen LogP contribution in [0, 0.1) is 5.92 Å². The first-order valence-electron chi connectivity index (χ1n) is 9.24. The van der Waals surface area contributed by atoms with Gasteiger partial charge in [0.25, 0.3) is 5.91 Å². The number of H-pyrrole nitrogens is 2. The van der Waals surface area contributed by atoms with Crippen molar-refractivity contribution in [3.63, 3.8) is 0 Å². The molecule has 6 nitrogen and oxygen atoms in total. The van der Waals surface area contributed by atoms with E-state index >= 15 is 0 Å². The molecule has 26 heavy (non-hydrogen) atoms. The summed E-state index contributed by atoms with van der Waals surface area (Å²) in [5.41, 5.74) is 3.23. The van der Waals surface area contributed by atoms with Gasteiger partial charge >= 0.3 is 0 Å². The van der Waals surface area contributed by atoms with Crippen molar-refractivity contribution in [2.75, 3.05) is 5.32 Å². The maximum atomic E-state index is 12.6. The van der Waals surface area contributed by atoms with Gasteiger partial charge in [-0.3, -0.25) is 15.0 Å². The third-order valence-electron chi connectivity index (χ3n) is 5.05. The largest absolute Gasteiger partial charge is 0.305 e. The molecule has 3 N–H and O–H groups in total. The van der Waals surface area contributed by atoms with Gasteiger partial charge in [0.05, 0.1) is 17.5 Å². The number of aromatic nitrogens is 4. The molecule has 0 atom stereocenters. The average molecular weight is 349 g/mol. The topological polar surface area (TPSA) is 86.5 Å². The lowest BCUT2D eigenvalue weighted by atomic mass is 9.86. The lowest BCUT2D eigenvalue weighted by Gasteiger charge is -2.20. The summed E-state index contributed by atoms with van der Waals surface area (Å²) in [6.45, 7) is 0. The van der Waals surface area contributed by atoms with Gasteiger partial charge in [-0.2, -0.15) is 10.2 Å². The molecule has 1 fully saturated rings. The molecule has 0 unspecified atom stereocenters. The number of rotatable bonds is 5. The number of hydrogen-bond donors (Lipinski definition) is 3. The van der Waals surface area contributed by atoms with Gasteiger partial charge < -0.3 is 5.32 Å². The Morgan fingerprint density at radius 1 is 1.12 bits per heavy atom. The van der Waals surface area contributed by atoms with Gasteiger partial charge in [0.1, 0.15) is 0 Å². The fourth-order valence-corrected chi connectivity index (χ4v) is 3.70. The van der Waals surface area contributed by atoms with Gasteiger partial charge in [-0.1, -0.05) is 62.4 Å². The Labute approximate surface area is 152 Å². The number of amides is 1. The van der Waals surface area contributed by atoms with E-state index in [1.54, 1.807) is 6.20 Å². The van der Waals surface area contributed by atoms with Crippen molar-refractivity contribution in [3.8, 4) is 11.3 Å². The molecule has 1 aromatic carbocycles. The Morgan fingerprint density at radius 3 is 2.73 bits per heavy atom. The maximum Gasteiger partial charge on any atom is 0.260 e. The van der Waals surface area contributed by atoms with Crippen LogP contribution < -0.4 is 5.32 Å². The van der Waals surface area contributed by atoms with Crippen molar-refractivity contribution >= 4 is 11.7 Å². The van der Waals surface area contributed by atoms with E-state index in [9.17, 15) is 4.79 Å². The Morgan fingerprint density at radius 2 is 1.92 bits per heavy atom. The minimum absolute atomic E-state index is 0.215. The van der Waals surface area contributed by atoms with Crippen LogP contribution in [-0.4, -0.2) is 26.3 Å². The van der Waals surface area contributed by atoms with Gasteiger partial charge in [-0.05, 0) is 12.3 Å². The minimum Gasteiger partial charge on any atom is -0.305 e. The second-order valence-corrected chi connectivity index (χ2v) is 6.97. The average Bonchev–Trinajstić information content (AvgIpc) is 3.33. The molecule has 0 bridgehead atoms. The second-order valence-electron chi connectivity index (χ2n) is 6.97. The van der Waals surface area contributed by atoms with E-state index in [0.29, 0.717) is 17.1 Å². The summed E-state index contributed by atoms with van der Waals surface area (Å²) in [4.78, 5) is 12.6. The van der Waals surface area contributed by atoms with Gasteiger partial charge in [0.15, 0.2) is 5.82 Å². The molecule has 1 aliphatic carbocycles. The molecule has 1 amide bonds. The Bertz CT molecular complexity index is 861. The number of aromatic amines is 2. The lowest BCUT2D eigenvalue weighted by molar-refractivity contribution is 0.102. The van der Waals surface area contributed by atoms with E-state index in [1.165, 1.54) is 32.1 Å². The molecular weight excluding hydrogens is 326 g/mol. The highest BCUT2D eigenvalue weighted by Crippen LogP contribution is 2.27. The van der Waals surface area contributed by atoms with Gasteiger partial charge in [-0.15, -0.1) is 0 Å². The quantitative estimate of drug-likeness (QED) is 0.646. The molecule has 0 saturated heterocycles. The molecule has 1 aliphatic rings. The molecule has 1 saturated carbocycles. The van der Waals surface area contributed by atoms with Crippen LogP contribution in [0.5, 0.6) is 0 Å². The monoisotopic (exact) mass is 349 g/mol. The van der Waals surface area contributed by atoms with Crippen LogP contribution in [-0.2, 0) is 6.42 Å². The van der Waals surface area contributed by atoms with Crippen molar-refractivity contribution in [2.24, 2.45) is 5.92 Å². The first-order chi connectivity index (χ1) is 12.8. The van der Waals surface area contributed by atoms with E-state index in [2.05, 4.69) is 25.7 Å². The van der Waals surface area contributed by atoms with Crippen LogP contribution in [0.2, 0.25) is 0 Å². The molecule has 134 valence electrons. The third kappa shape index (κ3) is 3.69. The van der Waals surface area contributed by atoms with E-state index in [-0.39, 0.29) is 5.91 Å². The number of benzene rings is 1. The molecule has 0 aliphatic heterocycles. The molecule has 2 aromatic heterocycles. The Hall–Kier alpha value is -2.89. The number of carbonyl (C=O) groups excluding carboxylic acids is 1. The van der Waals surface area contributed by atoms with Gasteiger partial charge in [-0.25, -0.2) is 0 Å². The first-order valence-corrected chi connectivity index (χ1v) is 9.24. The zero-order chi connectivity index (χ0) is 17.8. The van der Waals surface area contributed by atoms with Crippen LogP contribution >= 0.6 is 0 Å². The van der Waals surface area contributed by atoms with Gasteiger partial charge in [0, 0.05) is 17.3 Å². The van der Waals surface area contributed by atoms with Crippen molar-refractivity contribution in [3.05, 3.63) is 53.9 Å². The van der Waals surface area contributed by atoms with Crippen molar-refractivity contribution in [1.29, 1.82) is 0 Å². The predicted molar refractivity (Wildman–Crippen MR) is 101 cm³/mol. The SMILES string of the molecule is O=C(Nc1cc(CC2CCCCC2)[nH]n1)c1cn[nH]c1-c1ccccc1. The van der Waals surface area contributed by atoms with Gasteiger partial charge in [0.2, 0.25) is 0 Å². The van der Waals surface area contributed by atoms with Crippen molar-refractivity contribution in [2.45, 2.75) is 38.5 Å². The highest BCUT2D eigenvalue weighted by atomic mass is 16.1. The lowest BCUT2D eigenvalue weighted by Crippen LogP contribution is -2.12. The smallest absolute Gasteiger partial charge is 0.260 e. The number of nitrogens with zero attached hydrogens (tertiary/aromatic N) is 2. The summed E-state index contributed by atoms with van der Waals surface area (Å²) in [7, 11) is 0. The number of anilines is 1. The summed E-state index contributed by atoms with van der Waals surface area (Å²) in [5, 5.41) is 17.1. The zero-order valence-corrected chi connectivity index (χ0v) is 14.7. The molecule has 3 aromatic rings. The summed E-state index contributed by atoms with van der Waals surface area (Å²) in [6, 6.07) is 11.6. The zero-order valence-electron chi connectivity index (χ0n) is 14.7. The Balaban J connectivity index is 1.44. The Kier molecular flexibility index (Phi) is 4.82. The van der Waals surface area contributed by atoms with Crippen LogP contribution in [0.4, 0.5) is 5.82 Å². The maximum absolute atomic E-state index is 12.6. The van der Waals surface area contributed by atoms with E-state index in [0.717, 1.165) is 23.6 Å². The fraction of sp³-hybridized carbons (Fsp3) is 0.350. The summed E-state index contributed by atoms with van der Waals surface area (Å²) < 4.78 is 0. The minimum atomic E-state index is -0.215. The summed E-state index contributed by atoms with van der Waals surface area (Å²) in [6.07, 6.45) is 9.13. The van der Waals surface area contributed by atoms with Crippen LogP contribution in [0.15, 0.2) is 42.6 Å². The van der Waals surface area contributed by atoms with E-state index in [1.807, 2.05) is 36.4 Å². The molecule has 2 heterocycles. The highest BCUT2D eigenvalue weighted by Gasteiger charge is 2.18. The molecule has 6 heteroatoms. The number of carbonyl (C=O) groups is 1. The molecule has 0 spiro atoms. The number of nitrogens with one attached hydrogen (secondary N) is 3. The predicted octanol–water partition coefficient (Wildman–Crippen LogP) is 4.17. The van der Waals surface area contributed by atoms with Crippen LogP contribution in [0.3, 0.4) is 0 Å². The number of hydrogen-bond acceptors (Lipinski definition) is 3. The van der Waals surface area contributed by atoms with E-state index in [4.69, 9.17) is 0 Å². The second kappa shape index (κ2) is 7.56. The summed E-state index contributed by atoms with van der Waals surface area (Å²) >= 11 is 0. The standard InChI is InChI=1S/C20H23N5O/c26-20(17-13-21-25-19(17)15-9-5-2-6-10-15)22-18-12-16(23-24-18)11-14-7-3-1-4-8-14/h2,5-6,9-10,12-14H,1,3-4,7-8,11H2,(H,21,25)(H2,22,23,24,26). The van der Waals surface area contributed by atoms with Crippen molar-refractivity contribution in [1.82, 2.24) is 20.4 Å². The first kappa shape index (κ1) is 16.6. The van der Waals surface area contributed by atoms with Crippen molar-refractivity contribution < 1.29 is 4.79 Å². The van der Waals surface area contributed by atoms with Crippen LogP contribution in [0.25, 0.3) is 11.3 Å². The third-order valence-corrected chi connectivity index (χ3v) is 5.05. The highest BCUT2D eigenvalue weighted by molar-refractivity contribution is 6.07. The molecular formula is C20H23N5O. The van der Waals surface area contributed by atoms with Crippen LogP contribution in [0.1, 0.15) is 48.2 Å². The molecule has 4 rings (SSSR count). The van der Waals surface area contributed by atoms with E-state index < -0.39 is 0 Å².